The predicted molar refractivity (Wildman–Crippen MR) is 76.0 cm³/mol. The number of hydrogen-bond donors (Lipinski definition) is 1. The molecule has 1 amide bonds. The first-order valence-electron chi connectivity index (χ1n) is 6.44. The molecular weight excluding hydrogens is 255 g/mol. The number of rotatable bonds is 4. The molecule has 0 aliphatic rings. The fraction of sp³-hybridized carbons (Fsp3) is 0.250. The summed E-state index contributed by atoms with van der Waals surface area (Å²) in [5.74, 6) is -1.03. The van der Waals surface area contributed by atoms with Gasteiger partial charge in [0.05, 0.1) is 11.8 Å². The Balaban J connectivity index is 2.05. The van der Waals surface area contributed by atoms with Gasteiger partial charge in [-0.25, -0.2) is 4.39 Å². The van der Waals surface area contributed by atoms with Crippen LogP contribution in [0.3, 0.4) is 0 Å². The topological polar surface area (TPSA) is 42.0 Å². The Morgan fingerprint density at radius 2 is 1.95 bits per heavy atom. The number of pyridine rings is 1. The summed E-state index contributed by atoms with van der Waals surface area (Å²) in [4.78, 5) is 15.6. The first-order chi connectivity index (χ1) is 9.50. The third-order valence-electron chi connectivity index (χ3n) is 3.26. The molecule has 2 rings (SSSR count). The molecule has 4 heteroatoms. The molecule has 0 radical (unpaired) electrons. The van der Waals surface area contributed by atoms with Crippen molar-refractivity contribution in [2.45, 2.75) is 19.3 Å². The maximum atomic E-state index is 13.5. The molecule has 0 saturated heterocycles. The summed E-state index contributed by atoms with van der Waals surface area (Å²) in [7, 11) is 0. The molecule has 0 spiro atoms. The van der Waals surface area contributed by atoms with Gasteiger partial charge in [-0.2, -0.15) is 0 Å². The van der Waals surface area contributed by atoms with Crippen molar-refractivity contribution in [3.8, 4) is 0 Å². The minimum Gasteiger partial charge on any atom is -0.351 e. The van der Waals surface area contributed by atoms with E-state index in [0.29, 0.717) is 6.54 Å². The molecule has 0 bridgehead atoms. The second kappa shape index (κ2) is 5.82. The minimum atomic E-state index is -0.609. The van der Waals surface area contributed by atoms with Crippen molar-refractivity contribution in [2.75, 3.05) is 6.54 Å². The Bertz CT molecular complexity index is 596. The third-order valence-corrected chi connectivity index (χ3v) is 3.26. The van der Waals surface area contributed by atoms with Gasteiger partial charge in [0.1, 0.15) is 0 Å². The van der Waals surface area contributed by atoms with E-state index in [1.54, 1.807) is 0 Å². The fourth-order valence-electron chi connectivity index (χ4n) is 1.95. The molecule has 1 heterocycles. The van der Waals surface area contributed by atoms with Gasteiger partial charge >= 0.3 is 0 Å². The van der Waals surface area contributed by atoms with E-state index < -0.39 is 11.7 Å². The summed E-state index contributed by atoms with van der Waals surface area (Å²) < 4.78 is 13.5. The maximum absolute atomic E-state index is 13.5. The molecule has 0 aliphatic carbocycles. The first-order valence-corrected chi connectivity index (χ1v) is 6.44. The molecule has 3 nitrogen and oxygen atoms in total. The summed E-state index contributed by atoms with van der Waals surface area (Å²) in [6, 6.07) is 11.3. The standard InChI is InChI=1S/C16H17FN2O/c1-16(2,12-6-4-3-5-7-12)11-19-15(20)13-8-9-18-10-14(13)17/h3-10H,11H2,1-2H3,(H,19,20). The Kier molecular flexibility index (Phi) is 4.13. The number of aromatic nitrogens is 1. The van der Waals surface area contributed by atoms with Crippen molar-refractivity contribution in [1.29, 1.82) is 0 Å². The molecule has 1 aromatic heterocycles. The lowest BCUT2D eigenvalue weighted by Gasteiger charge is -2.25. The van der Waals surface area contributed by atoms with E-state index in [1.807, 2.05) is 44.2 Å². The third kappa shape index (κ3) is 3.20. The Morgan fingerprint density at radius 3 is 2.60 bits per heavy atom. The van der Waals surface area contributed by atoms with Crippen LogP contribution in [0.25, 0.3) is 0 Å². The quantitative estimate of drug-likeness (QED) is 0.929. The van der Waals surface area contributed by atoms with Crippen LogP contribution in [-0.4, -0.2) is 17.4 Å². The van der Waals surface area contributed by atoms with E-state index in [1.165, 1.54) is 12.3 Å². The van der Waals surface area contributed by atoms with Crippen molar-refractivity contribution >= 4 is 5.91 Å². The van der Waals surface area contributed by atoms with Gasteiger partial charge in [-0.3, -0.25) is 9.78 Å². The fourth-order valence-corrected chi connectivity index (χ4v) is 1.95. The van der Waals surface area contributed by atoms with Gasteiger partial charge in [0.15, 0.2) is 5.82 Å². The van der Waals surface area contributed by atoms with Crippen LogP contribution in [0.1, 0.15) is 29.8 Å². The minimum absolute atomic E-state index is 0.0175. The largest absolute Gasteiger partial charge is 0.351 e. The molecule has 104 valence electrons. The van der Waals surface area contributed by atoms with Crippen LogP contribution in [0.4, 0.5) is 4.39 Å². The van der Waals surface area contributed by atoms with Gasteiger partial charge in [0, 0.05) is 18.2 Å². The van der Waals surface area contributed by atoms with Crippen LogP contribution in [0.5, 0.6) is 0 Å². The van der Waals surface area contributed by atoms with Crippen LogP contribution >= 0.6 is 0 Å². The lowest BCUT2D eigenvalue weighted by Crippen LogP contribution is -2.37. The molecule has 0 atom stereocenters. The van der Waals surface area contributed by atoms with Crippen LogP contribution in [0.15, 0.2) is 48.8 Å². The van der Waals surface area contributed by atoms with Gasteiger partial charge in [0.2, 0.25) is 0 Å². The van der Waals surface area contributed by atoms with Gasteiger partial charge in [0.25, 0.3) is 5.91 Å². The number of nitrogens with one attached hydrogen (secondary N) is 1. The van der Waals surface area contributed by atoms with Crippen LogP contribution in [0.2, 0.25) is 0 Å². The predicted octanol–water partition coefficient (Wildman–Crippen LogP) is 2.93. The first kappa shape index (κ1) is 14.2. The van der Waals surface area contributed by atoms with E-state index in [9.17, 15) is 9.18 Å². The van der Waals surface area contributed by atoms with Crippen molar-refractivity contribution < 1.29 is 9.18 Å². The Hall–Kier alpha value is -2.23. The monoisotopic (exact) mass is 272 g/mol. The van der Waals surface area contributed by atoms with E-state index in [2.05, 4.69) is 10.3 Å². The molecule has 1 aromatic carbocycles. The zero-order valence-electron chi connectivity index (χ0n) is 11.6. The molecule has 0 saturated carbocycles. The molecule has 20 heavy (non-hydrogen) atoms. The number of halogens is 1. The van der Waals surface area contributed by atoms with E-state index in [0.717, 1.165) is 11.8 Å². The normalized spacial score (nSPS) is 11.2. The van der Waals surface area contributed by atoms with Crippen LogP contribution in [-0.2, 0) is 5.41 Å². The SMILES string of the molecule is CC(C)(CNC(=O)c1ccncc1F)c1ccccc1. The number of amides is 1. The molecule has 0 fully saturated rings. The van der Waals surface area contributed by atoms with Gasteiger partial charge in [-0.15, -0.1) is 0 Å². The Morgan fingerprint density at radius 1 is 1.25 bits per heavy atom. The molecule has 2 aromatic rings. The second-order valence-electron chi connectivity index (χ2n) is 5.29. The summed E-state index contributed by atoms with van der Waals surface area (Å²) in [5, 5.41) is 2.77. The number of hydrogen-bond acceptors (Lipinski definition) is 2. The Labute approximate surface area is 117 Å². The van der Waals surface area contributed by atoms with Crippen molar-refractivity contribution in [3.63, 3.8) is 0 Å². The highest BCUT2D eigenvalue weighted by atomic mass is 19.1. The number of nitrogens with zero attached hydrogens (tertiary/aromatic N) is 1. The van der Waals surface area contributed by atoms with E-state index in [4.69, 9.17) is 0 Å². The van der Waals surface area contributed by atoms with E-state index in [-0.39, 0.29) is 11.0 Å². The second-order valence-corrected chi connectivity index (χ2v) is 5.29. The summed E-state index contributed by atoms with van der Waals surface area (Å²) >= 11 is 0. The highest BCUT2D eigenvalue weighted by molar-refractivity contribution is 5.94. The highest BCUT2D eigenvalue weighted by Crippen LogP contribution is 2.21. The van der Waals surface area contributed by atoms with E-state index >= 15 is 0 Å². The van der Waals surface area contributed by atoms with Crippen molar-refractivity contribution in [1.82, 2.24) is 10.3 Å². The van der Waals surface area contributed by atoms with Gasteiger partial charge in [-0.1, -0.05) is 44.2 Å². The lowest BCUT2D eigenvalue weighted by molar-refractivity contribution is 0.0941. The molecular formula is C16H17FN2O. The molecule has 0 unspecified atom stereocenters. The van der Waals surface area contributed by atoms with Gasteiger partial charge in [-0.05, 0) is 11.6 Å². The lowest BCUT2D eigenvalue weighted by atomic mass is 9.84. The molecule has 0 aliphatic heterocycles. The average Bonchev–Trinajstić information content (AvgIpc) is 2.46. The zero-order chi connectivity index (χ0) is 14.6. The van der Waals surface area contributed by atoms with Crippen molar-refractivity contribution in [3.05, 3.63) is 65.7 Å². The summed E-state index contributed by atoms with van der Waals surface area (Å²) in [6.45, 7) is 4.49. The number of carbonyl (C=O) groups excluding carboxylic acids is 1. The zero-order valence-corrected chi connectivity index (χ0v) is 11.6. The maximum Gasteiger partial charge on any atom is 0.254 e. The van der Waals surface area contributed by atoms with Crippen molar-refractivity contribution in [2.24, 2.45) is 0 Å². The smallest absolute Gasteiger partial charge is 0.254 e. The average molecular weight is 272 g/mol. The summed E-state index contributed by atoms with van der Waals surface area (Å²) in [5.41, 5.74) is 0.916. The van der Waals surface area contributed by atoms with Crippen LogP contribution in [0, 0.1) is 5.82 Å². The summed E-state index contributed by atoms with van der Waals surface area (Å²) in [6.07, 6.45) is 2.44. The van der Waals surface area contributed by atoms with Crippen LogP contribution < -0.4 is 5.32 Å². The van der Waals surface area contributed by atoms with Gasteiger partial charge < -0.3 is 5.32 Å². The molecule has 1 N–H and O–H groups in total. The highest BCUT2D eigenvalue weighted by Gasteiger charge is 2.22. The number of carbonyl (C=O) groups is 1. The number of benzene rings is 1.